The molecule has 16 heavy (non-hydrogen) atoms. The highest BCUT2D eigenvalue weighted by Gasteiger charge is 2.22. The van der Waals surface area contributed by atoms with E-state index in [1.165, 1.54) is 0 Å². The van der Waals surface area contributed by atoms with Crippen LogP contribution in [0.1, 0.15) is 23.2 Å². The monoisotopic (exact) mass is 280 g/mol. The summed E-state index contributed by atoms with van der Waals surface area (Å²) in [7, 11) is 0. The summed E-state index contributed by atoms with van der Waals surface area (Å²) >= 11 is 3.38. The quantitative estimate of drug-likeness (QED) is 0.803. The van der Waals surface area contributed by atoms with Crippen LogP contribution in [0.25, 0.3) is 11.0 Å². The lowest BCUT2D eigenvalue weighted by molar-refractivity contribution is 0.0982. The fraction of sp³-hybridized carbons (Fsp3) is 0.273. The molecule has 1 aromatic heterocycles. The second-order valence-electron chi connectivity index (χ2n) is 3.93. The number of ketones is 1. The number of imidazole rings is 1. The van der Waals surface area contributed by atoms with E-state index in [-0.39, 0.29) is 11.5 Å². The second-order valence-corrected chi connectivity index (χ2v) is 4.78. The van der Waals surface area contributed by atoms with Gasteiger partial charge in [0.2, 0.25) is 0 Å². The molecule has 1 aromatic carbocycles. The van der Waals surface area contributed by atoms with Crippen LogP contribution in [0.3, 0.4) is 0 Å². The number of halogens is 1. The third kappa shape index (κ3) is 1.21. The number of benzene rings is 1. The summed E-state index contributed by atoms with van der Waals surface area (Å²) in [5, 5.41) is 0. The Morgan fingerprint density at radius 2 is 2.12 bits per heavy atom. The van der Waals surface area contributed by atoms with E-state index in [0.29, 0.717) is 24.9 Å². The van der Waals surface area contributed by atoms with E-state index in [9.17, 15) is 9.59 Å². The lowest BCUT2D eigenvalue weighted by atomic mass is 10.1. The van der Waals surface area contributed by atoms with Gasteiger partial charge in [-0.05, 0) is 34.5 Å². The van der Waals surface area contributed by atoms with Crippen molar-refractivity contribution in [3.05, 3.63) is 32.7 Å². The van der Waals surface area contributed by atoms with E-state index in [1.54, 1.807) is 10.6 Å². The van der Waals surface area contributed by atoms with Crippen molar-refractivity contribution < 1.29 is 4.79 Å². The molecular formula is C11H9BrN2O2. The Morgan fingerprint density at radius 1 is 1.31 bits per heavy atom. The highest BCUT2D eigenvalue weighted by atomic mass is 79.9. The number of rotatable bonds is 0. The normalized spacial score (nSPS) is 15.4. The number of carbonyl (C=O) groups excluding carboxylic acids is 1. The fourth-order valence-electron chi connectivity index (χ4n) is 2.23. The van der Waals surface area contributed by atoms with Gasteiger partial charge < -0.3 is 4.98 Å². The minimum Gasteiger partial charge on any atom is -0.306 e. The van der Waals surface area contributed by atoms with Crippen molar-refractivity contribution in [3.8, 4) is 0 Å². The van der Waals surface area contributed by atoms with Gasteiger partial charge in [0.05, 0.1) is 16.6 Å². The summed E-state index contributed by atoms with van der Waals surface area (Å²) in [6.07, 6.45) is 1.21. The summed E-state index contributed by atoms with van der Waals surface area (Å²) in [5.41, 5.74) is 1.97. The number of Topliss-reactive ketones (excluding diaryl/α,β-unsaturated/α-hetero) is 1. The van der Waals surface area contributed by atoms with Crippen LogP contribution in [0.4, 0.5) is 0 Å². The van der Waals surface area contributed by atoms with E-state index >= 15 is 0 Å². The molecule has 0 bridgehead atoms. The van der Waals surface area contributed by atoms with Crippen molar-refractivity contribution in [1.29, 1.82) is 0 Å². The largest absolute Gasteiger partial charge is 0.326 e. The molecule has 0 amide bonds. The highest BCUT2D eigenvalue weighted by Crippen LogP contribution is 2.28. The molecule has 0 radical (unpaired) electrons. The fourth-order valence-corrected chi connectivity index (χ4v) is 2.77. The van der Waals surface area contributed by atoms with Gasteiger partial charge in [0.25, 0.3) is 0 Å². The molecular weight excluding hydrogens is 272 g/mol. The van der Waals surface area contributed by atoms with Crippen LogP contribution >= 0.6 is 15.9 Å². The van der Waals surface area contributed by atoms with Crippen molar-refractivity contribution in [2.45, 2.75) is 19.4 Å². The first kappa shape index (κ1) is 9.84. The molecule has 0 spiro atoms. The predicted octanol–water partition coefficient (Wildman–Crippen LogP) is 2.07. The predicted molar refractivity (Wildman–Crippen MR) is 63.8 cm³/mol. The topological polar surface area (TPSA) is 54.9 Å². The molecule has 2 aromatic rings. The first-order valence-electron chi connectivity index (χ1n) is 5.12. The molecule has 4 nitrogen and oxygen atoms in total. The number of H-pyrrole nitrogens is 1. The average Bonchev–Trinajstić information content (AvgIpc) is 2.45. The summed E-state index contributed by atoms with van der Waals surface area (Å²) in [5.74, 6) is 0.0997. The van der Waals surface area contributed by atoms with E-state index < -0.39 is 0 Å². The van der Waals surface area contributed by atoms with Gasteiger partial charge in [-0.3, -0.25) is 9.36 Å². The van der Waals surface area contributed by atoms with Gasteiger partial charge >= 0.3 is 5.69 Å². The van der Waals surface area contributed by atoms with E-state index in [0.717, 1.165) is 15.5 Å². The molecule has 2 heterocycles. The zero-order valence-corrected chi connectivity index (χ0v) is 10.0. The van der Waals surface area contributed by atoms with Crippen LogP contribution in [-0.4, -0.2) is 15.3 Å². The maximum atomic E-state index is 12.0. The lowest BCUT2D eigenvalue weighted by Crippen LogP contribution is -2.16. The average molecular weight is 281 g/mol. The van der Waals surface area contributed by atoms with Crippen LogP contribution in [0.15, 0.2) is 21.4 Å². The van der Waals surface area contributed by atoms with Gasteiger partial charge in [-0.15, -0.1) is 0 Å². The van der Waals surface area contributed by atoms with Crippen molar-refractivity contribution >= 4 is 32.7 Å². The molecule has 0 atom stereocenters. The molecule has 0 saturated carbocycles. The Bertz CT molecular complexity index is 654. The number of hydrogen-bond donors (Lipinski definition) is 1. The van der Waals surface area contributed by atoms with Gasteiger partial charge in [0.1, 0.15) is 0 Å². The number of nitrogens with one attached hydrogen (secondary N) is 1. The van der Waals surface area contributed by atoms with Gasteiger partial charge in [0.15, 0.2) is 5.78 Å². The molecule has 0 saturated heterocycles. The number of hydrogen-bond acceptors (Lipinski definition) is 2. The Kier molecular flexibility index (Phi) is 2.04. The van der Waals surface area contributed by atoms with Gasteiger partial charge in [0, 0.05) is 17.4 Å². The Balaban J connectivity index is 2.55. The molecule has 1 aliphatic heterocycles. The van der Waals surface area contributed by atoms with Crippen LogP contribution in [0, 0.1) is 0 Å². The second kappa shape index (κ2) is 3.31. The highest BCUT2D eigenvalue weighted by molar-refractivity contribution is 9.10. The number of carbonyl (C=O) groups is 1. The van der Waals surface area contributed by atoms with Gasteiger partial charge in [-0.25, -0.2) is 4.79 Å². The molecule has 5 heteroatoms. The van der Waals surface area contributed by atoms with Crippen molar-refractivity contribution in [2.24, 2.45) is 0 Å². The van der Waals surface area contributed by atoms with Crippen molar-refractivity contribution in [3.63, 3.8) is 0 Å². The smallest absolute Gasteiger partial charge is 0.306 e. The summed E-state index contributed by atoms with van der Waals surface area (Å²) in [4.78, 5) is 26.4. The maximum absolute atomic E-state index is 12.0. The minimum absolute atomic E-state index is 0.0997. The van der Waals surface area contributed by atoms with E-state index in [1.807, 2.05) is 6.07 Å². The van der Waals surface area contributed by atoms with Crippen molar-refractivity contribution in [1.82, 2.24) is 9.55 Å². The Labute approximate surface area is 99.4 Å². The first-order valence-corrected chi connectivity index (χ1v) is 5.92. The van der Waals surface area contributed by atoms with Crippen LogP contribution < -0.4 is 5.69 Å². The summed E-state index contributed by atoms with van der Waals surface area (Å²) < 4.78 is 2.42. The maximum Gasteiger partial charge on any atom is 0.326 e. The zero-order chi connectivity index (χ0) is 11.3. The molecule has 0 unspecified atom stereocenters. The number of nitrogens with zero attached hydrogens (tertiary/aromatic N) is 1. The number of aromatic amines is 1. The summed E-state index contributed by atoms with van der Waals surface area (Å²) in [6, 6.07) is 3.63. The third-order valence-corrected chi connectivity index (χ3v) is 3.61. The third-order valence-electron chi connectivity index (χ3n) is 2.95. The molecule has 3 rings (SSSR count). The Hall–Kier alpha value is -1.36. The summed E-state index contributed by atoms with van der Waals surface area (Å²) in [6.45, 7) is 0.605. The molecule has 1 N–H and O–H groups in total. The molecule has 0 fully saturated rings. The number of aryl methyl sites for hydroxylation is 1. The minimum atomic E-state index is -0.135. The van der Waals surface area contributed by atoms with E-state index in [2.05, 4.69) is 20.9 Å². The lowest BCUT2D eigenvalue weighted by Gasteiger charge is -2.03. The first-order chi connectivity index (χ1) is 7.68. The van der Waals surface area contributed by atoms with Crippen LogP contribution in [0.5, 0.6) is 0 Å². The zero-order valence-electron chi connectivity index (χ0n) is 8.42. The molecule has 82 valence electrons. The van der Waals surface area contributed by atoms with Crippen LogP contribution in [0.2, 0.25) is 0 Å². The van der Waals surface area contributed by atoms with Gasteiger partial charge in [-0.2, -0.15) is 0 Å². The van der Waals surface area contributed by atoms with Crippen molar-refractivity contribution in [2.75, 3.05) is 0 Å². The standard InChI is InChI=1S/C11H9BrN2O2/c12-6-3-4-7-10-9(6)8(15)2-1-5-14(10)11(16)13-7/h3-4H,1-2,5H2,(H,13,16). The Morgan fingerprint density at radius 3 is 2.94 bits per heavy atom. The SMILES string of the molecule is O=C1CCCn2c(=O)[nH]c3ccc(Br)c1c32. The van der Waals surface area contributed by atoms with E-state index in [4.69, 9.17) is 0 Å². The van der Waals surface area contributed by atoms with Gasteiger partial charge in [-0.1, -0.05) is 0 Å². The molecule has 1 aliphatic rings. The number of aromatic nitrogens is 2. The van der Waals surface area contributed by atoms with Crippen LogP contribution in [-0.2, 0) is 6.54 Å². The molecule has 0 aliphatic carbocycles.